The fourth-order valence-electron chi connectivity index (χ4n) is 3.90. The third-order valence-electron chi connectivity index (χ3n) is 5.42. The monoisotopic (exact) mass is 375 g/mol. The first-order valence-corrected chi connectivity index (χ1v) is 9.72. The van der Waals surface area contributed by atoms with Gasteiger partial charge >= 0.3 is 6.03 Å². The maximum atomic E-state index is 12.8. The summed E-state index contributed by atoms with van der Waals surface area (Å²) in [5, 5.41) is 6.01. The van der Waals surface area contributed by atoms with Gasteiger partial charge in [0.2, 0.25) is 5.91 Å². The van der Waals surface area contributed by atoms with E-state index >= 15 is 0 Å². The van der Waals surface area contributed by atoms with Crippen molar-refractivity contribution in [2.75, 3.05) is 26.1 Å². The number of carbonyl (C=O) groups is 2. The van der Waals surface area contributed by atoms with Gasteiger partial charge < -0.3 is 25.0 Å². The largest absolute Gasteiger partial charge is 0.497 e. The molecule has 7 nitrogen and oxygen atoms in total. The molecule has 2 aliphatic rings. The molecule has 0 bridgehead atoms. The average molecular weight is 375 g/mol. The second-order valence-electron chi connectivity index (χ2n) is 7.19. The molecule has 3 amide bonds. The van der Waals surface area contributed by atoms with Crippen molar-refractivity contribution in [3.05, 3.63) is 18.2 Å². The average Bonchev–Trinajstić information content (AvgIpc) is 3.19. The summed E-state index contributed by atoms with van der Waals surface area (Å²) < 4.78 is 10.5. The lowest BCUT2D eigenvalue weighted by molar-refractivity contribution is -0.119. The van der Waals surface area contributed by atoms with E-state index in [1.807, 2.05) is 0 Å². The zero-order valence-corrected chi connectivity index (χ0v) is 16.1. The van der Waals surface area contributed by atoms with Gasteiger partial charge in [0.15, 0.2) is 0 Å². The Bertz CT molecular complexity index is 673. The summed E-state index contributed by atoms with van der Waals surface area (Å²) in [4.78, 5) is 27.2. The van der Waals surface area contributed by atoms with Crippen LogP contribution in [0, 0.1) is 0 Å². The van der Waals surface area contributed by atoms with Crippen LogP contribution < -0.4 is 20.1 Å². The van der Waals surface area contributed by atoms with Gasteiger partial charge in [0.05, 0.1) is 19.9 Å². The topological polar surface area (TPSA) is 79.9 Å². The highest BCUT2D eigenvalue weighted by molar-refractivity contribution is 5.98. The highest BCUT2D eigenvalue weighted by Gasteiger charge is 2.35. The number of amides is 3. The molecule has 3 rings (SSSR count). The van der Waals surface area contributed by atoms with Crippen LogP contribution in [-0.4, -0.2) is 49.7 Å². The van der Waals surface area contributed by atoms with Crippen molar-refractivity contribution in [2.24, 2.45) is 0 Å². The Balaban J connectivity index is 1.64. The number of anilines is 1. The Labute approximate surface area is 160 Å². The van der Waals surface area contributed by atoms with Crippen molar-refractivity contribution in [1.82, 2.24) is 10.2 Å². The van der Waals surface area contributed by atoms with E-state index in [-0.39, 0.29) is 18.0 Å². The van der Waals surface area contributed by atoms with Gasteiger partial charge in [0.25, 0.3) is 0 Å². The van der Waals surface area contributed by atoms with E-state index in [1.54, 1.807) is 37.3 Å². The Kier molecular flexibility index (Phi) is 6.42. The summed E-state index contributed by atoms with van der Waals surface area (Å²) in [5.74, 6) is 0.993. The lowest BCUT2D eigenvalue weighted by atomic mass is 9.96. The van der Waals surface area contributed by atoms with Crippen LogP contribution in [0.15, 0.2) is 18.2 Å². The van der Waals surface area contributed by atoms with Crippen LogP contribution >= 0.6 is 0 Å². The molecule has 0 aromatic heterocycles. The number of hydrogen-bond acceptors (Lipinski definition) is 4. The fraction of sp³-hybridized carbons (Fsp3) is 0.600. The minimum absolute atomic E-state index is 0.124. The summed E-state index contributed by atoms with van der Waals surface area (Å²) in [5.41, 5.74) is 0.572. The SMILES string of the molecule is COc1ccc(NC(=O)[C@@H]2CCCN2C(=O)NC2CCCCC2)c(OC)c1. The van der Waals surface area contributed by atoms with E-state index in [1.165, 1.54) is 6.42 Å². The molecular weight excluding hydrogens is 346 g/mol. The summed E-state index contributed by atoms with van der Waals surface area (Å²) in [7, 11) is 3.12. The molecule has 1 atom stereocenters. The maximum absolute atomic E-state index is 12.8. The third kappa shape index (κ3) is 4.64. The van der Waals surface area contributed by atoms with E-state index in [4.69, 9.17) is 9.47 Å². The van der Waals surface area contributed by atoms with E-state index in [0.717, 1.165) is 32.1 Å². The molecule has 7 heteroatoms. The predicted molar refractivity (Wildman–Crippen MR) is 103 cm³/mol. The number of nitrogens with zero attached hydrogens (tertiary/aromatic N) is 1. The fourth-order valence-corrected chi connectivity index (χ4v) is 3.90. The number of nitrogens with one attached hydrogen (secondary N) is 2. The minimum atomic E-state index is -0.458. The molecule has 0 unspecified atom stereocenters. The molecule has 2 fully saturated rings. The van der Waals surface area contributed by atoms with Crippen molar-refractivity contribution in [1.29, 1.82) is 0 Å². The molecule has 1 aromatic carbocycles. The molecule has 1 saturated heterocycles. The van der Waals surface area contributed by atoms with Crippen LogP contribution in [0.3, 0.4) is 0 Å². The number of rotatable bonds is 5. The number of likely N-dealkylation sites (tertiary alicyclic amines) is 1. The second-order valence-corrected chi connectivity index (χ2v) is 7.19. The smallest absolute Gasteiger partial charge is 0.318 e. The van der Waals surface area contributed by atoms with E-state index in [2.05, 4.69) is 10.6 Å². The first kappa shape index (κ1) is 19.3. The van der Waals surface area contributed by atoms with Gasteiger partial charge in [-0.25, -0.2) is 4.79 Å². The summed E-state index contributed by atoms with van der Waals surface area (Å²) >= 11 is 0. The van der Waals surface area contributed by atoms with E-state index in [0.29, 0.717) is 30.2 Å². The molecule has 0 radical (unpaired) electrons. The van der Waals surface area contributed by atoms with Crippen molar-refractivity contribution in [3.63, 3.8) is 0 Å². The Morgan fingerprint density at radius 2 is 1.81 bits per heavy atom. The first-order valence-electron chi connectivity index (χ1n) is 9.72. The van der Waals surface area contributed by atoms with Gasteiger partial charge in [-0.3, -0.25) is 4.79 Å². The van der Waals surface area contributed by atoms with Gasteiger partial charge in [0, 0.05) is 18.7 Å². The van der Waals surface area contributed by atoms with Gasteiger partial charge in [-0.1, -0.05) is 19.3 Å². The van der Waals surface area contributed by atoms with Crippen molar-refractivity contribution >= 4 is 17.6 Å². The van der Waals surface area contributed by atoms with Gasteiger partial charge in [-0.15, -0.1) is 0 Å². The quantitative estimate of drug-likeness (QED) is 0.829. The lowest BCUT2D eigenvalue weighted by Crippen LogP contribution is -2.50. The molecule has 148 valence electrons. The molecule has 1 aliphatic heterocycles. The van der Waals surface area contributed by atoms with Gasteiger partial charge in [-0.05, 0) is 37.8 Å². The Hall–Kier alpha value is -2.44. The minimum Gasteiger partial charge on any atom is -0.497 e. The van der Waals surface area contributed by atoms with Crippen LogP contribution in [0.5, 0.6) is 11.5 Å². The zero-order valence-electron chi connectivity index (χ0n) is 16.1. The molecule has 1 aliphatic carbocycles. The Morgan fingerprint density at radius 3 is 2.52 bits per heavy atom. The standard InChI is InChI=1S/C20H29N3O4/c1-26-15-10-11-16(18(13-15)27-2)22-19(24)17-9-6-12-23(17)20(25)21-14-7-4-3-5-8-14/h10-11,13-14,17H,3-9,12H2,1-2H3,(H,21,25)(H,22,24)/t17-/m0/s1. The van der Waals surface area contributed by atoms with Gasteiger partial charge in [0.1, 0.15) is 17.5 Å². The summed E-state index contributed by atoms with van der Waals surface area (Å²) in [6.07, 6.45) is 7.11. The predicted octanol–water partition coefficient (Wildman–Crippen LogP) is 3.15. The number of urea groups is 1. The molecule has 1 saturated carbocycles. The van der Waals surface area contributed by atoms with Gasteiger partial charge in [-0.2, -0.15) is 0 Å². The number of hydrogen-bond donors (Lipinski definition) is 2. The molecule has 2 N–H and O–H groups in total. The normalized spacial score (nSPS) is 20.2. The zero-order chi connectivity index (χ0) is 19.2. The van der Waals surface area contributed by atoms with Crippen LogP contribution in [0.2, 0.25) is 0 Å². The second kappa shape index (κ2) is 8.97. The van der Waals surface area contributed by atoms with Crippen molar-refractivity contribution < 1.29 is 19.1 Å². The summed E-state index contributed by atoms with van der Waals surface area (Å²) in [6, 6.07) is 4.88. The highest BCUT2D eigenvalue weighted by atomic mass is 16.5. The third-order valence-corrected chi connectivity index (χ3v) is 5.42. The van der Waals surface area contributed by atoms with E-state index < -0.39 is 6.04 Å². The number of benzene rings is 1. The van der Waals surface area contributed by atoms with Crippen LogP contribution in [0.1, 0.15) is 44.9 Å². The van der Waals surface area contributed by atoms with Crippen LogP contribution in [0.25, 0.3) is 0 Å². The van der Waals surface area contributed by atoms with Crippen LogP contribution in [-0.2, 0) is 4.79 Å². The Morgan fingerprint density at radius 1 is 1.04 bits per heavy atom. The first-order chi connectivity index (χ1) is 13.1. The summed E-state index contributed by atoms with van der Waals surface area (Å²) in [6.45, 7) is 0.608. The molecule has 27 heavy (non-hydrogen) atoms. The number of methoxy groups -OCH3 is 2. The maximum Gasteiger partial charge on any atom is 0.318 e. The molecule has 1 heterocycles. The molecular formula is C20H29N3O4. The van der Waals surface area contributed by atoms with Crippen LogP contribution in [0.4, 0.5) is 10.5 Å². The van der Waals surface area contributed by atoms with E-state index in [9.17, 15) is 9.59 Å². The van der Waals surface area contributed by atoms with Crippen molar-refractivity contribution in [2.45, 2.75) is 57.0 Å². The van der Waals surface area contributed by atoms with Crippen molar-refractivity contribution in [3.8, 4) is 11.5 Å². The molecule has 0 spiro atoms. The number of carbonyl (C=O) groups excluding carboxylic acids is 2. The number of ether oxygens (including phenoxy) is 2. The molecule has 1 aromatic rings. The lowest BCUT2D eigenvalue weighted by Gasteiger charge is -2.29. The highest BCUT2D eigenvalue weighted by Crippen LogP contribution is 2.30.